The van der Waals surface area contributed by atoms with E-state index in [1.165, 1.54) is 0 Å². The molecule has 0 bridgehead atoms. The Morgan fingerprint density at radius 3 is 2.48 bits per heavy atom. The van der Waals surface area contributed by atoms with Crippen LogP contribution < -0.4 is 21.7 Å². The molecule has 2 amide bonds. The van der Waals surface area contributed by atoms with Crippen molar-refractivity contribution < 1.29 is 14.7 Å². The Labute approximate surface area is 147 Å². The van der Waals surface area contributed by atoms with Gasteiger partial charge in [0.1, 0.15) is 6.04 Å². The van der Waals surface area contributed by atoms with Crippen LogP contribution in [0.25, 0.3) is 0 Å². The number of hydrogen-bond acceptors (Lipinski definition) is 3. The number of guanidine groups is 1. The molecule has 25 heavy (non-hydrogen) atoms. The summed E-state index contributed by atoms with van der Waals surface area (Å²) in [5.74, 6) is -0.432. The van der Waals surface area contributed by atoms with E-state index in [0.717, 1.165) is 5.56 Å². The highest BCUT2D eigenvalue weighted by Crippen LogP contribution is 2.05. The van der Waals surface area contributed by atoms with Crippen molar-refractivity contribution in [3.63, 3.8) is 0 Å². The largest absolute Gasteiger partial charge is 0.465 e. The summed E-state index contributed by atoms with van der Waals surface area (Å²) in [6.07, 6.45) is 1.15. The molecule has 0 radical (unpaired) electrons. The Kier molecular flexibility index (Phi) is 8.84. The lowest BCUT2D eigenvalue weighted by Gasteiger charge is -2.20. The number of hydrogen-bond donors (Lipinski definition) is 6. The third kappa shape index (κ3) is 9.19. The lowest BCUT2D eigenvalue weighted by atomic mass is 10.1. The molecule has 1 rings (SSSR count). The van der Waals surface area contributed by atoms with Crippen molar-refractivity contribution in [1.82, 2.24) is 16.0 Å². The van der Waals surface area contributed by atoms with Crippen molar-refractivity contribution in [3.05, 3.63) is 35.9 Å². The maximum absolute atomic E-state index is 12.3. The average Bonchev–Trinajstić information content (AvgIpc) is 2.53. The second kappa shape index (κ2) is 10.9. The molecule has 0 saturated heterocycles. The molecule has 8 nitrogen and oxygen atoms in total. The number of carbonyl (C=O) groups excluding carboxylic acids is 1. The van der Waals surface area contributed by atoms with Crippen molar-refractivity contribution in [2.24, 2.45) is 5.73 Å². The van der Waals surface area contributed by atoms with Crippen LogP contribution in [0.1, 0.15) is 31.7 Å². The number of benzene rings is 1. The van der Waals surface area contributed by atoms with E-state index in [1.54, 1.807) is 0 Å². The Morgan fingerprint density at radius 2 is 1.88 bits per heavy atom. The van der Waals surface area contributed by atoms with E-state index < -0.39 is 12.1 Å². The number of unbranched alkanes of at least 4 members (excludes halogenated alkanes) is 1. The van der Waals surface area contributed by atoms with Crippen LogP contribution in [0, 0.1) is 5.41 Å². The third-order valence-corrected chi connectivity index (χ3v) is 3.62. The van der Waals surface area contributed by atoms with Gasteiger partial charge in [0.05, 0.1) is 0 Å². The van der Waals surface area contributed by atoms with Crippen LogP contribution in [-0.2, 0) is 11.2 Å². The first-order valence-electron chi connectivity index (χ1n) is 8.30. The van der Waals surface area contributed by atoms with Gasteiger partial charge in [0.15, 0.2) is 5.96 Å². The zero-order valence-corrected chi connectivity index (χ0v) is 14.4. The molecule has 0 aromatic heterocycles. The molecular weight excluding hydrogens is 322 g/mol. The summed E-state index contributed by atoms with van der Waals surface area (Å²) in [5, 5.41) is 23.8. The van der Waals surface area contributed by atoms with Gasteiger partial charge in [-0.05, 0) is 38.2 Å². The lowest BCUT2D eigenvalue weighted by Crippen LogP contribution is -2.49. The van der Waals surface area contributed by atoms with Crippen molar-refractivity contribution >= 4 is 18.0 Å². The molecule has 0 fully saturated rings. The average molecular weight is 349 g/mol. The van der Waals surface area contributed by atoms with Gasteiger partial charge in [0.2, 0.25) is 5.91 Å². The van der Waals surface area contributed by atoms with E-state index in [0.29, 0.717) is 32.2 Å². The highest BCUT2D eigenvalue weighted by Gasteiger charge is 2.21. The minimum absolute atomic E-state index is 0.104. The first kappa shape index (κ1) is 20.3. The van der Waals surface area contributed by atoms with Gasteiger partial charge < -0.3 is 26.8 Å². The zero-order chi connectivity index (χ0) is 18.7. The first-order chi connectivity index (χ1) is 11.9. The molecule has 138 valence electrons. The molecule has 0 aliphatic heterocycles. The standard InChI is InChI=1S/C17H27N5O3/c1-12(11-13-7-3-2-4-8-13)21-15(23)14(22-17(24)25)9-5-6-10-20-16(18)19/h2-4,7-8,12,14,22H,5-6,9-11H2,1H3,(H,21,23)(H,24,25)(H4,18,19,20)/t12-,14-/m0/s1. The number of carboxylic acid groups (broad SMARTS) is 1. The van der Waals surface area contributed by atoms with Crippen molar-refractivity contribution in [2.45, 2.75) is 44.7 Å². The highest BCUT2D eigenvalue weighted by atomic mass is 16.4. The quantitative estimate of drug-likeness (QED) is 0.213. The predicted molar refractivity (Wildman–Crippen MR) is 96.5 cm³/mol. The SMILES string of the molecule is C[C@@H](Cc1ccccc1)NC(=O)[C@H](CCCCNC(=N)N)NC(=O)O. The van der Waals surface area contributed by atoms with Gasteiger partial charge >= 0.3 is 6.09 Å². The number of amides is 2. The molecular formula is C17H27N5O3. The van der Waals surface area contributed by atoms with Gasteiger partial charge in [0, 0.05) is 12.6 Å². The van der Waals surface area contributed by atoms with Gasteiger partial charge in [0.25, 0.3) is 0 Å². The fourth-order valence-electron chi connectivity index (χ4n) is 2.48. The van der Waals surface area contributed by atoms with Crippen LogP contribution >= 0.6 is 0 Å². The Hall–Kier alpha value is -2.77. The van der Waals surface area contributed by atoms with Gasteiger partial charge in [-0.2, -0.15) is 0 Å². The fourth-order valence-corrected chi connectivity index (χ4v) is 2.48. The maximum atomic E-state index is 12.3. The maximum Gasteiger partial charge on any atom is 0.405 e. The van der Waals surface area contributed by atoms with Gasteiger partial charge in [-0.3, -0.25) is 10.2 Å². The molecule has 0 spiro atoms. The molecule has 0 saturated carbocycles. The zero-order valence-electron chi connectivity index (χ0n) is 14.4. The van der Waals surface area contributed by atoms with Crippen LogP contribution in [0.4, 0.5) is 4.79 Å². The molecule has 0 aliphatic rings. The molecule has 7 N–H and O–H groups in total. The topological polar surface area (TPSA) is 140 Å². The lowest BCUT2D eigenvalue weighted by molar-refractivity contribution is -0.123. The fraction of sp³-hybridized carbons (Fsp3) is 0.471. The second-order valence-electron chi connectivity index (χ2n) is 5.94. The number of rotatable bonds is 10. The smallest absolute Gasteiger partial charge is 0.405 e. The van der Waals surface area contributed by atoms with E-state index in [-0.39, 0.29) is 17.9 Å². The molecule has 8 heteroatoms. The summed E-state index contributed by atoms with van der Waals surface area (Å²) in [6.45, 7) is 2.40. The minimum atomic E-state index is -1.22. The van der Waals surface area contributed by atoms with E-state index in [9.17, 15) is 9.59 Å². The highest BCUT2D eigenvalue weighted by molar-refractivity contribution is 5.85. The third-order valence-electron chi connectivity index (χ3n) is 3.62. The molecule has 0 heterocycles. The normalized spacial score (nSPS) is 12.7. The minimum Gasteiger partial charge on any atom is -0.465 e. The predicted octanol–water partition coefficient (Wildman–Crippen LogP) is 1.02. The van der Waals surface area contributed by atoms with Crippen LogP contribution in [0.2, 0.25) is 0 Å². The van der Waals surface area contributed by atoms with Gasteiger partial charge in [-0.15, -0.1) is 0 Å². The molecule has 0 unspecified atom stereocenters. The molecule has 2 atom stereocenters. The Balaban J connectivity index is 2.45. The summed E-state index contributed by atoms with van der Waals surface area (Å²) in [4.78, 5) is 23.3. The van der Waals surface area contributed by atoms with Gasteiger partial charge in [-0.25, -0.2) is 4.79 Å². The monoisotopic (exact) mass is 349 g/mol. The van der Waals surface area contributed by atoms with Crippen LogP contribution in [-0.4, -0.2) is 41.7 Å². The summed E-state index contributed by atoms with van der Waals surface area (Å²) in [7, 11) is 0. The summed E-state index contributed by atoms with van der Waals surface area (Å²) in [6, 6.07) is 8.87. The van der Waals surface area contributed by atoms with Crippen LogP contribution in [0.5, 0.6) is 0 Å². The number of nitrogens with two attached hydrogens (primary N) is 1. The van der Waals surface area contributed by atoms with Crippen LogP contribution in [0.3, 0.4) is 0 Å². The summed E-state index contributed by atoms with van der Waals surface area (Å²) < 4.78 is 0. The van der Waals surface area contributed by atoms with E-state index >= 15 is 0 Å². The van der Waals surface area contributed by atoms with Crippen molar-refractivity contribution in [2.75, 3.05) is 6.54 Å². The van der Waals surface area contributed by atoms with E-state index in [1.807, 2.05) is 37.3 Å². The Bertz CT molecular complexity index is 565. The second-order valence-corrected chi connectivity index (χ2v) is 5.94. The van der Waals surface area contributed by atoms with E-state index in [2.05, 4.69) is 16.0 Å². The number of nitrogens with one attached hydrogen (secondary N) is 4. The van der Waals surface area contributed by atoms with E-state index in [4.69, 9.17) is 16.2 Å². The van der Waals surface area contributed by atoms with Crippen molar-refractivity contribution in [1.29, 1.82) is 5.41 Å². The molecule has 0 aliphatic carbocycles. The molecule has 1 aromatic rings. The van der Waals surface area contributed by atoms with Crippen LogP contribution in [0.15, 0.2) is 30.3 Å². The number of carbonyl (C=O) groups is 2. The summed E-state index contributed by atoms with van der Waals surface area (Å²) in [5.41, 5.74) is 6.29. The molecule has 1 aromatic carbocycles. The Morgan fingerprint density at radius 1 is 1.20 bits per heavy atom. The van der Waals surface area contributed by atoms with Crippen molar-refractivity contribution in [3.8, 4) is 0 Å². The summed E-state index contributed by atoms with van der Waals surface area (Å²) >= 11 is 0. The van der Waals surface area contributed by atoms with Gasteiger partial charge in [-0.1, -0.05) is 30.3 Å². The first-order valence-corrected chi connectivity index (χ1v) is 8.30.